The highest BCUT2D eigenvalue weighted by molar-refractivity contribution is 5.83. The van der Waals surface area contributed by atoms with Crippen LogP contribution in [0.25, 0.3) is 11.1 Å². The van der Waals surface area contributed by atoms with Gasteiger partial charge in [-0.3, -0.25) is 9.59 Å². The van der Waals surface area contributed by atoms with Crippen LogP contribution in [0, 0.1) is 11.3 Å². The number of hydrogen-bond acceptors (Lipinski definition) is 5. The number of aliphatic carboxylic acids is 1. The second-order valence-electron chi connectivity index (χ2n) is 9.45. The van der Waals surface area contributed by atoms with Gasteiger partial charge in [0.15, 0.2) is 0 Å². The van der Waals surface area contributed by atoms with Crippen molar-refractivity contribution >= 4 is 18.0 Å². The molecule has 1 heterocycles. The number of rotatable bonds is 8. The van der Waals surface area contributed by atoms with Crippen molar-refractivity contribution in [1.82, 2.24) is 10.6 Å². The van der Waals surface area contributed by atoms with Gasteiger partial charge in [-0.1, -0.05) is 48.5 Å². The first-order valence-corrected chi connectivity index (χ1v) is 11.5. The normalized spacial score (nSPS) is 19.2. The third kappa shape index (κ3) is 4.92. The van der Waals surface area contributed by atoms with Crippen LogP contribution >= 0.6 is 0 Å². The molecule has 1 aliphatic heterocycles. The van der Waals surface area contributed by atoms with Gasteiger partial charge in [0.1, 0.15) is 12.7 Å². The van der Waals surface area contributed by atoms with E-state index in [-0.39, 0.29) is 37.4 Å². The van der Waals surface area contributed by atoms with E-state index in [1.165, 1.54) is 0 Å². The van der Waals surface area contributed by atoms with Crippen LogP contribution in [-0.4, -0.2) is 55.5 Å². The van der Waals surface area contributed by atoms with E-state index in [0.29, 0.717) is 13.0 Å². The predicted octanol–water partition coefficient (Wildman–Crippen LogP) is 3.16. The second kappa shape index (κ2) is 9.85. The zero-order valence-electron chi connectivity index (χ0n) is 19.4. The van der Waals surface area contributed by atoms with Gasteiger partial charge in [-0.2, -0.15) is 0 Å². The summed E-state index contributed by atoms with van der Waals surface area (Å²) in [5, 5.41) is 14.6. The maximum Gasteiger partial charge on any atom is 0.407 e. The Morgan fingerprint density at radius 1 is 1.03 bits per heavy atom. The molecule has 8 heteroatoms. The zero-order chi connectivity index (χ0) is 24.3. The lowest BCUT2D eigenvalue weighted by atomic mass is 9.93. The molecule has 0 radical (unpaired) electrons. The second-order valence-corrected chi connectivity index (χ2v) is 9.45. The Bertz CT molecular complexity index is 1040. The average molecular weight is 467 g/mol. The molecule has 3 N–H and O–H groups in total. The van der Waals surface area contributed by atoms with Crippen LogP contribution in [0.2, 0.25) is 0 Å². The van der Waals surface area contributed by atoms with Gasteiger partial charge >= 0.3 is 12.1 Å². The molecule has 2 atom stereocenters. The molecule has 0 unspecified atom stereocenters. The number of carboxylic acid groups (broad SMARTS) is 1. The molecule has 0 aromatic heterocycles. The van der Waals surface area contributed by atoms with Crippen LogP contribution in [0.4, 0.5) is 4.79 Å². The molecule has 2 aliphatic rings. The summed E-state index contributed by atoms with van der Waals surface area (Å²) in [4.78, 5) is 36.2. The van der Waals surface area contributed by atoms with E-state index in [4.69, 9.17) is 9.47 Å². The van der Waals surface area contributed by atoms with E-state index in [0.717, 1.165) is 22.3 Å². The summed E-state index contributed by atoms with van der Waals surface area (Å²) in [6, 6.07) is 16.3. The molecule has 2 aromatic rings. The first-order valence-electron chi connectivity index (χ1n) is 11.5. The van der Waals surface area contributed by atoms with E-state index >= 15 is 0 Å². The monoisotopic (exact) mass is 466 g/mol. The van der Waals surface area contributed by atoms with Gasteiger partial charge in [0.2, 0.25) is 5.91 Å². The van der Waals surface area contributed by atoms with E-state index in [1.54, 1.807) is 13.8 Å². The van der Waals surface area contributed by atoms with E-state index in [1.807, 2.05) is 24.3 Å². The minimum atomic E-state index is -1.08. The largest absolute Gasteiger partial charge is 0.481 e. The molecule has 2 aromatic carbocycles. The van der Waals surface area contributed by atoms with Crippen molar-refractivity contribution in [3.05, 3.63) is 59.7 Å². The molecular weight excluding hydrogens is 436 g/mol. The van der Waals surface area contributed by atoms with Gasteiger partial charge in [0, 0.05) is 31.5 Å². The van der Waals surface area contributed by atoms with Gasteiger partial charge in [0.25, 0.3) is 0 Å². The maximum absolute atomic E-state index is 12.5. The van der Waals surface area contributed by atoms with Crippen LogP contribution < -0.4 is 10.6 Å². The molecule has 0 bridgehead atoms. The Balaban J connectivity index is 1.29. The van der Waals surface area contributed by atoms with Crippen molar-refractivity contribution in [1.29, 1.82) is 0 Å². The van der Waals surface area contributed by atoms with Gasteiger partial charge in [0.05, 0.1) is 5.41 Å². The van der Waals surface area contributed by atoms with Gasteiger partial charge in [-0.25, -0.2) is 4.79 Å². The fraction of sp³-hybridized carbons (Fsp3) is 0.423. The number of amides is 2. The van der Waals surface area contributed by atoms with Gasteiger partial charge in [-0.05, 0) is 42.5 Å². The Morgan fingerprint density at radius 3 is 2.26 bits per heavy atom. The first kappa shape index (κ1) is 23.8. The maximum atomic E-state index is 12.5. The highest BCUT2D eigenvalue weighted by Gasteiger charge is 2.36. The van der Waals surface area contributed by atoms with Crippen molar-refractivity contribution in [3.63, 3.8) is 0 Å². The molecule has 34 heavy (non-hydrogen) atoms. The summed E-state index contributed by atoms with van der Waals surface area (Å²) < 4.78 is 11.1. The fourth-order valence-corrected chi connectivity index (χ4v) is 4.48. The summed E-state index contributed by atoms with van der Waals surface area (Å²) >= 11 is 0. The summed E-state index contributed by atoms with van der Waals surface area (Å²) in [5.41, 5.74) is 3.53. The summed E-state index contributed by atoms with van der Waals surface area (Å²) in [7, 11) is 0. The van der Waals surface area contributed by atoms with Crippen LogP contribution in [0.3, 0.4) is 0 Å². The highest BCUT2D eigenvalue weighted by Crippen LogP contribution is 2.44. The molecule has 0 saturated carbocycles. The molecule has 2 amide bonds. The van der Waals surface area contributed by atoms with Crippen LogP contribution in [0.15, 0.2) is 48.5 Å². The number of alkyl carbamates (subject to hydrolysis) is 1. The Hall–Kier alpha value is -3.39. The number of carboxylic acids is 1. The van der Waals surface area contributed by atoms with Crippen molar-refractivity contribution in [2.75, 3.05) is 26.3 Å². The predicted molar refractivity (Wildman–Crippen MR) is 125 cm³/mol. The van der Waals surface area contributed by atoms with E-state index in [2.05, 4.69) is 34.9 Å². The van der Waals surface area contributed by atoms with E-state index in [9.17, 15) is 19.5 Å². The lowest BCUT2D eigenvalue weighted by Gasteiger charge is -2.23. The minimum absolute atomic E-state index is 0.00640. The van der Waals surface area contributed by atoms with Gasteiger partial charge < -0.3 is 25.2 Å². The number of benzene rings is 2. The molecule has 180 valence electrons. The van der Waals surface area contributed by atoms with Crippen molar-refractivity contribution in [2.24, 2.45) is 11.3 Å². The number of ether oxygens (including phenoxy) is 2. The number of hydrogen-bond donors (Lipinski definition) is 3. The Morgan fingerprint density at radius 2 is 1.65 bits per heavy atom. The van der Waals surface area contributed by atoms with Crippen LogP contribution in [0.1, 0.15) is 37.3 Å². The SMILES string of the molecule is CC(C)(CNC(=O)[C@H]1OCC[C@H]1CNC(=O)OCC1c2ccccc2-c2ccccc21)C(=O)O. The van der Waals surface area contributed by atoms with Crippen molar-refractivity contribution in [3.8, 4) is 11.1 Å². The topological polar surface area (TPSA) is 114 Å². The zero-order valence-corrected chi connectivity index (χ0v) is 19.4. The molecule has 0 spiro atoms. The summed E-state index contributed by atoms with van der Waals surface area (Å²) in [5.74, 6) is -1.60. The van der Waals surface area contributed by atoms with Crippen molar-refractivity contribution < 1.29 is 29.0 Å². The summed E-state index contributed by atoms with van der Waals surface area (Å²) in [6.45, 7) is 3.93. The molecule has 1 saturated heterocycles. The molecule has 8 nitrogen and oxygen atoms in total. The standard InChI is InChI=1S/C26H30N2O6/c1-26(2,24(30)31)15-28-23(29)22-16(11-12-33-22)13-27-25(32)34-14-21-19-9-5-3-7-17(19)18-8-4-6-10-20(18)21/h3-10,16,21-22H,11-15H2,1-2H3,(H,27,32)(H,28,29)(H,30,31)/t16-,22-/m0/s1. The van der Waals surface area contributed by atoms with E-state index < -0.39 is 23.6 Å². The molecule has 1 fully saturated rings. The molecule has 4 rings (SSSR count). The Labute approximate surface area is 198 Å². The summed E-state index contributed by atoms with van der Waals surface area (Å²) in [6.07, 6.45) is -0.664. The van der Waals surface area contributed by atoms with Crippen LogP contribution in [-0.2, 0) is 19.1 Å². The number of carbonyl (C=O) groups excluding carboxylic acids is 2. The average Bonchev–Trinajstić information content (AvgIpc) is 3.42. The minimum Gasteiger partial charge on any atom is -0.481 e. The lowest BCUT2D eigenvalue weighted by Crippen LogP contribution is -2.46. The number of carbonyl (C=O) groups is 3. The lowest BCUT2D eigenvalue weighted by molar-refractivity contribution is -0.147. The fourth-order valence-electron chi connectivity index (χ4n) is 4.48. The number of fused-ring (bicyclic) bond motifs is 3. The molecule has 1 aliphatic carbocycles. The first-order chi connectivity index (χ1) is 16.3. The third-order valence-electron chi connectivity index (χ3n) is 6.61. The Kier molecular flexibility index (Phi) is 6.88. The third-order valence-corrected chi connectivity index (χ3v) is 6.61. The number of nitrogens with one attached hydrogen (secondary N) is 2. The smallest absolute Gasteiger partial charge is 0.407 e. The van der Waals surface area contributed by atoms with Crippen LogP contribution in [0.5, 0.6) is 0 Å². The quantitative estimate of drug-likeness (QED) is 0.551. The van der Waals surface area contributed by atoms with Gasteiger partial charge in [-0.15, -0.1) is 0 Å². The molecular formula is C26H30N2O6. The van der Waals surface area contributed by atoms with Crippen molar-refractivity contribution in [2.45, 2.75) is 32.3 Å². The highest BCUT2D eigenvalue weighted by atomic mass is 16.5.